The number of nitrogens with zero attached hydrogens (tertiary/aromatic N) is 3. The Morgan fingerprint density at radius 3 is 2.54 bits per heavy atom. The second-order valence-corrected chi connectivity index (χ2v) is 10.2. The molecule has 0 saturated carbocycles. The predicted octanol–water partition coefficient (Wildman–Crippen LogP) is 4.82. The number of rotatable bonds is 10. The first-order chi connectivity index (χ1) is 17.8. The van der Waals surface area contributed by atoms with E-state index in [2.05, 4.69) is 22.3 Å². The monoisotopic (exact) mass is 516 g/mol. The first-order valence-electron chi connectivity index (χ1n) is 12.1. The van der Waals surface area contributed by atoms with Crippen LogP contribution in [0.2, 0.25) is 0 Å². The minimum atomic E-state index is -3.96. The van der Waals surface area contributed by atoms with Crippen LogP contribution in [0.4, 0.5) is 5.69 Å². The number of nitriles is 1. The zero-order valence-electron chi connectivity index (χ0n) is 20.8. The van der Waals surface area contributed by atoms with Crippen LogP contribution in [0.15, 0.2) is 71.6 Å². The van der Waals surface area contributed by atoms with Crippen molar-refractivity contribution in [2.75, 3.05) is 11.3 Å². The highest BCUT2D eigenvalue weighted by Crippen LogP contribution is 2.26. The minimum absolute atomic E-state index is 0.0289. The van der Waals surface area contributed by atoms with Gasteiger partial charge in [-0.25, -0.2) is 13.4 Å². The smallest absolute Gasteiger partial charge is 0.310 e. The van der Waals surface area contributed by atoms with Crippen LogP contribution in [0.3, 0.4) is 0 Å². The summed E-state index contributed by atoms with van der Waals surface area (Å²) in [6, 6.07) is 21.2. The molecule has 0 aliphatic rings. The highest BCUT2D eigenvalue weighted by Gasteiger charge is 2.21. The van der Waals surface area contributed by atoms with E-state index in [1.165, 1.54) is 6.07 Å². The molecule has 8 nitrogen and oxygen atoms in total. The van der Waals surface area contributed by atoms with Crippen LogP contribution in [-0.2, 0) is 38.9 Å². The molecule has 0 bridgehead atoms. The molecule has 0 atom stereocenters. The Bertz CT molecular complexity index is 1570. The van der Waals surface area contributed by atoms with E-state index >= 15 is 0 Å². The van der Waals surface area contributed by atoms with Crippen LogP contribution in [0.5, 0.6) is 0 Å². The molecule has 0 saturated heterocycles. The largest absolute Gasteiger partial charge is 0.466 e. The summed E-state index contributed by atoms with van der Waals surface area (Å²) in [6.45, 7) is 4.79. The number of hydrogen-bond acceptors (Lipinski definition) is 6. The SMILES string of the molecule is CCCn1c(Cc2ccc(C#N)cc2)nc2cc(NS(=O)(=O)c3ccccc3CC(=O)OCC)ccc21. The Balaban J connectivity index is 1.64. The summed E-state index contributed by atoms with van der Waals surface area (Å²) >= 11 is 0. The van der Waals surface area contributed by atoms with Crippen LogP contribution < -0.4 is 4.72 Å². The number of ether oxygens (including phenoxy) is 1. The van der Waals surface area contributed by atoms with E-state index in [1.54, 1.807) is 49.4 Å². The number of sulfonamides is 1. The van der Waals surface area contributed by atoms with Crippen molar-refractivity contribution >= 4 is 32.7 Å². The second kappa shape index (κ2) is 11.3. The number of aromatic nitrogens is 2. The van der Waals surface area contributed by atoms with Crippen LogP contribution in [-0.4, -0.2) is 30.5 Å². The Kier molecular flexibility index (Phi) is 7.89. The lowest BCUT2D eigenvalue weighted by Crippen LogP contribution is -2.17. The lowest BCUT2D eigenvalue weighted by atomic mass is 10.1. The summed E-state index contributed by atoms with van der Waals surface area (Å²) in [5.74, 6) is 0.379. The van der Waals surface area contributed by atoms with E-state index in [0.717, 1.165) is 29.9 Å². The lowest BCUT2D eigenvalue weighted by Gasteiger charge is -2.12. The topological polar surface area (TPSA) is 114 Å². The first-order valence-corrected chi connectivity index (χ1v) is 13.6. The minimum Gasteiger partial charge on any atom is -0.466 e. The van der Waals surface area contributed by atoms with Gasteiger partial charge in [-0.3, -0.25) is 9.52 Å². The third-order valence-electron chi connectivity index (χ3n) is 5.87. The van der Waals surface area contributed by atoms with E-state index in [0.29, 0.717) is 28.8 Å². The molecule has 4 aromatic rings. The number of imidazole rings is 1. The average Bonchev–Trinajstić information content (AvgIpc) is 3.21. The van der Waals surface area contributed by atoms with Crippen LogP contribution in [0, 0.1) is 11.3 Å². The van der Waals surface area contributed by atoms with E-state index < -0.39 is 16.0 Å². The summed E-state index contributed by atoms with van der Waals surface area (Å²) in [5, 5.41) is 9.05. The molecule has 0 fully saturated rings. The Labute approximate surface area is 216 Å². The maximum atomic E-state index is 13.3. The molecule has 0 radical (unpaired) electrons. The van der Waals surface area contributed by atoms with Gasteiger partial charge in [0.2, 0.25) is 0 Å². The molecule has 1 aromatic heterocycles. The maximum Gasteiger partial charge on any atom is 0.310 e. The number of fused-ring (bicyclic) bond motifs is 1. The average molecular weight is 517 g/mol. The van der Waals surface area contributed by atoms with Crippen molar-refractivity contribution in [3.63, 3.8) is 0 Å². The number of esters is 1. The summed E-state index contributed by atoms with van der Waals surface area (Å²) in [5.41, 5.74) is 3.97. The highest BCUT2D eigenvalue weighted by atomic mass is 32.2. The number of anilines is 1. The van der Waals surface area contributed by atoms with Crippen LogP contribution in [0.1, 0.15) is 42.8 Å². The van der Waals surface area contributed by atoms with Gasteiger partial charge in [-0.05, 0) is 60.9 Å². The summed E-state index contributed by atoms with van der Waals surface area (Å²) < 4.78 is 36.3. The third-order valence-corrected chi connectivity index (χ3v) is 7.36. The lowest BCUT2D eigenvalue weighted by molar-refractivity contribution is -0.142. The molecule has 37 heavy (non-hydrogen) atoms. The molecule has 0 spiro atoms. The molecule has 190 valence electrons. The van der Waals surface area contributed by atoms with Crippen molar-refractivity contribution in [1.29, 1.82) is 5.26 Å². The molecular formula is C28H28N4O4S. The quantitative estimate of drug-likeness (QED) is 0.303. The van der Waals surface area contributed by atoms with E-state index in [4.69, 9.17) is 15.0 Å². The van der Waals surface area contributed by atoms with Crippen molar-refractivity contribution in [2.45, 2.75) is 44.6 Å². The van der Waals surface area contributed by atoms with Gasteiger partial charge in [0.15, 0.2) is 0 Å². The van der Waals surface area contributed by atoms with Gasteiger partial charge in [-0.15, -0.1) is 0 Å². The second-order valence-electron chi connectivity index (χ2n) is 8.56. The fourth-order valence-corrected chi connectivity index (χ4v) is 5.51. The van der Waals surface area contributed by atoms with Gasteiger partial charge in [0.25, 0.3) is 10.0 Å². The van der Waals surface area contributed by atoms with E-state index in [1.807, 2.05) is 18.2 Å². The zero-order valence-corrected chi connectivity index (χ0v) is 21.6. The van der Waals surface area contributed by atoms with Crippen molar-refractivity contribution in [2.24, 2.45) is 0 Å². The Morgan fingerprint density at radius 2 is 1.84 bits per heavy atom. The summed E-state index contributed by atoms with van der Waals surface area (Å²) in [4.78, 5) is 16.8. The molecule has 9 heteroatoms. The number of carbonyl (C=O) groups excluding carboxylic acids is 1. The number of hydrogen-bond donors (Lipinski definition) is 1. The van der Waals surface area contributed by atoms with Gasteiger partial charge in [-0.2, -0.15) is 5.26 Å². The van der Waals surface area contributed by atoms with Crippen molar-refractivity contribution < 1.29 is 17.9 Å². The molecule has 1 N–H and O–H groups in total. The summed E-state index contributed by atoms with van der Waals surface area (Å²) in [7, 11) is -3.96. The van der Waals surface area contributed by atoms with Crippen LogP contribution >= 0.6 is 0 Å². The molecule has 1 heterocycles. The number of nitrogens with one attached hydrogen (secondary N) is 1. The number of benzene rings is 3. The number of carbonyl (C=O) groups is 1. The molecule has 0 amide bonds. The fraction of sp³-hybridized carbons (Fsp3) is 0.250. The normalized spacial score (nSPS) is 11.3. The molecule has 3 aromatic carbocycles. The molecular weight excluding hydrogens is 488 g/mol. The highest BCUT2D eigenvalue weighted by molar-refractivity contribution is 7.92. The Morgan fingerprint density at radius 1 is 1.08 bits per heavy atom. The van der Waals surface area contributed by atoms with Gasteiger partial charge < -0.3 is 9.30 Å². The molecule has 0 aliphatic carbocycles. The standard InChI is InChI=1S/C28H28N4O4S/c1-3-15-32-25-14-13-23(18-24(25)30-27(32)16-20-9-11-21(19-29)12-10-20)31-37(34,35)26-8-6-5-7-22(26)17-28(33)36-4-2/h5-14,18,31H,3-4,15-17H2,1-2H3. The van der Waals surface area contributed by atoms with Gasteiger partial charge in [0.05, 0.1) is 46.3 Å². The first kappa shape index (κ1) is 25.9. The van der Waals surface area contributed by atoms with E-state index in [-0.39, 0.29) is 17.9 Å². The summed E-state index contributed by atoms with van der Waals surface area (Å²) in [6.07, 6.45) is 1.37. The zero-order chi connectivity index (χ0) is 26.4. The van der Waals surface area contributed by atoms with Gasteiger partial charge >= 0.3 is 5.97 Å². The van der Waals surface area contributed by atoms with Crippen molar-refractivity contribution in [3.05, 3.63) is 89.2 Å². The predicted molar refractivity (Wildman–Crippen MR) is 142 cm³/mol. The Hall–Kier alpha value is -4.16. The van der Waals surface area contributed by atoms with E-state index in [9.17, 15) is 13.2 Å². The van der Waals surface area contributed by atoms with Crippen molar-refractivity contribution in [3.8, 4) is 6.07 Å². The fourth-order valence-electron chi connectivity index (χ4n) is 4.22. The third kappa shape index (κ3) is 5.98. The van der Waals surface area contributed by atoms with Gasteiger partial charge in [-0.1, -0.05) is 37.3 Å². The molecule has 0 aliphatic heterocycles. The van der Waals surface area contributed by atoms with Gasteiger partial charge in [0.1, 0.15) is 5.82 Å². The van der Waals surface area contributed by atoms with Gasteiger partial charge in [0, 0.05) is 13.0 Å². The molecule has 0 unspecified atom stereocenters. The molecule has 4 rings (SSSR count). The van der Waals surface area contributed by atoms with Crippen molar-refractivity contribution in [1.82, 2.24) is 9.55 Å². The number of aryl methyl sites for hydroxylation is 1. The maximum absolute atomic E-state index is 13.3. The van der Waals surface area contributed by atoms with Crippen LogP contribution in [0.25, 0.3) is 11.0 Å².